The van der Waals surface area contributed by atoms with E-state index in [9.17, 15) is 4.79 Å². The number of nitrogens with zero attached hydrogens (tertiary/aromatic N) is 2. The molecule has 2 N–H and O–H groups in total. The third kappa shape index (κ3) is 3.48. The second-order valence-corrected chi connectivity index (χ2v) is 6.18. The Kier molecular flexibility index (Phi) is 4.33. The summed E-state index contributed by atoms with van der Waals surface area (Å²) in [5, 5.41) is 7.75. The summed E-state index contributed by atoms with van der Waals surface area (Å²) in [6.45, 7) is 2.58. The van der Waals surface area contributed by atoms with Gasteiger partial charge in [-0.1, -0.05) is 29.3 Å². The Hall–Kier alpha value is -1.30. The van der Waals surface area contributed by atoms with Crippen LogP contribution in [-0.2, 0) is 6.54 Å². The summed E-state index contributed by atoms with van der Waals surface area (Å²) in [5.41, 5.74) is 0.918. The minimum atomic E-state index is -0.257. The molecule has 2 heterocycles. The maximum absolute atomic E-state index is 11.0. The third-order valence-electron chi connectivity index (χ3n) is 3.91. The van der Waals surface area contributed by atoms with Gasteiger partial charge in [0.05, 0.1) is 6.54 Å². The summed E-state index contributed by atoms with van der Waals surface area (Å²) in [7, 11) is 0. The van der Waals surface area contributed by atoms with Crippen molar-refractivity contribution in [2.24, 2.45) is 0 Å². The predicted octanol–water partition coefficient (Wildman–Crippen LogP) is 2.78. The lowest BCUT2D eigenvalue weighted by Gasteiger charge is -2.31. The van der Waals surface area contributed by atoms with Crippen LogP contribution in [0.15, 0.2) is 23.0 Å². The average Bonchev–Trinajstić information content (AvgIpc) is 2.85. The van der Waals surface area contributed by atoms with Crippen molar-refractivity contribution in [3.8, 4) is 0 Å². The van der Waals surface area contributed by atoms with Crippen molar-refractivity contribution in [2.45, 2.75) is 25.3 Å². The van der Waals surface area contributed by atoms with Gasteiger partial charge >= 0.3 is 5.69 Å². The zero-order valence-electron chi connectivity index (χ0n) is 11.4. The first-order valence-electron chi connectivity index (χ1n) is 6.92. The Labute approximate surface area is 132 Å². The van der Waals surface area contributed by atoms with E-state index in [1.165, 1.54) is 5.56 Å². The molecule has 0 radical (unpaired) electrons. The van der Waals surface area contributed by atoms with Crippen LogP contribution in [0.4, 0.5) is 0 Å². The van der Waals surface area contributed by atoms with Gasteiger partial charge in [-0.3, -0.25) is 9.88 Å². The zero-order chi connectivity index (χ0) is 14.8. The molecule has 0 bridgehead atoms. The van der Waals surface area contributed by atoms with Gasteiger partial charge in [-0.05, 0) is 49.5 Å². The van der Waals surface area contributed by atoms with Crippen LogP contribution < -0.4 is 5.69 Å². The summed E-state index contributed by atoms with van der Waals surface area (Å²) < 4.78 is 0. The molecule has 0 amide bonds. The molecule has 1 aliphatic rings. The molecule has 1 fully saturated rings. The third-order valence-corrected chi connectivity index (χ3v) is 4.48. The number of aromatic nitrogens is 3. The molecule has 2 aromatic rings. The van der Waals surface area contributed by atoms with E-state index in [2.05, 4.69) is 20.1 Å². The van der Waals surface area contributed by atoms with Crippen LogP contribution in [0, 0.1) is 0 Å². The second kappa shape index (κ2) is 6.22. The number of piperidine rings is 1. The second-order valence-electron chi connectivity index (χ2n) is 5.34. The highest BCUT2D eigenvalue weighted by molar-refractivity contribution is 6.35. The molecule has 1 aromatic carbocycles. The van der Waals surface area contributed by atoms with Crippen LogP contribution in [0.25, 0.3) is 0 Å². The van der Waals surface area contributed by atoms with E-state index in [0.29, 0.717) is 23.3 Å². The molecule has 3 rings (SSSR count). The minimum absolute atomic E-state index is 0.257. The fourth-order valence-corrected chi connectivity index (χ4v) is 3.39. The predicted molar refractivity (Wildman–Crippen MR) is 82.9 cm³/mol. The maximum Gasteiger partial charge on any atom is 0.340 e. The summed E-state index contributed by atoms with van der Waals surface area (Å²) in [6, 6.07) is 5.72. The molecule has 0 unspecified atom stereocenters. The van der Waals surface area contributed by atoms with Gasteiger partial charge in [-0.25, -0.2) is 9.89 Å². The molecular formula is C14H16Cl2N4O. The molecule has 7 heteroatoms. The van der Waals surface area contributed by atoms with Crippen molar-refractivity contribution in [3.63, 3.8) is 0 Å². The highest BCUT2D eigenvalue weighted by Gasteiger charge is 2.22. The van der Waals surface area contributed by atoms with Crippen molar-refractivity contribution in [1.82, 2.24) is 20.1 Å². The fraction of sp³-hybridized carbons (Fsp3) is 0.429. The molecule has 0 aliphatic carbocycles. The highest BCUT2D eigenvalue weighted by atomic mass is 35.5. The summed E-state index contributed by atoms with van der Waals surface area (Å²) in [5.74, 6) is 1.15. The smallest absolute Gasteiger partial charge is 0.296 e. The first-order valence-corrected chi connectivity index (χ1v) is 7.68. The van der Waals surface area contributed by atoms with E-state index < -0.39 is 0 Å². The SMILES string of the molecule is O=c1[nH]nc(CN2CCC(c3ccc(Cl)cc3Cl)CC2)[nH]1. The van der Waals surface area contributed by atoms with E-state index in [-0.39, 0.29) is 5.69 Å². The number of nitrogens with one attached hydrogen (secondary N) is 2. The number of benzene rings is 1. The number of halogens is 2. The lowest BCUT2D eigenvalue weighted by molar-refractivity contribution is 0.200. The van der Waals surface area contributed by atoms with Crippen LogP contribution in [-0.4, -0.2) is 33.2 Å². The molecule has 5 nitrogen and oxygen atoms in total. The Balaban J connectivity index is 1.61. The van der Waals surface area contributed by atoms with Gasteiger partial charge in [0.2, 0.25) is 0 Å². The lowest BCUT2D eigenvalue weighted by atomic mass is 9.89. The van der Waals surface area contributed by atoms with Gasteiger partial charge in [0, 0.05) is 10.0 Å². The van der Waals surface area contributed by atoms with E-state index in [4.69, 9.17) is 23.2 Å². The van der Waals surface area contributed by atoms with Crippen LogP contribution in [0.1, 0.15) is 30.1 Å². The number of hydrogen-bond donors (Lipinski definition) is 2. The molecule has 1 aromatic heterocycles. The Morgan fingerprint density at radius 2 is 2.05 bits per heavy atom. The molecule has 21 heavy (non-hydrogen) atoms. The molecule has 112 valence electrons. The highest BCUT2D eigenvalue weighted by Crippen LogP contribution is 2.34. The van der Waals surface area contributed by atoms with Gasteiger partial charge in [0.1, 0.15) is 5.82 Å². The number of likely N-dealkylation sites (tertiary alicyclic amines) is 1. The Morgan fingerprint density at radius 3 is 2.67 bits per heavy atom. The van der Waals surface area contributed by atoms with Crippen LogP contribution in [0.2, 0.25) is 10.0 Å². The summed E-state index contributed by atoms with van der Waals surface area (Å²) in [6.07, 6.45) is 2.08. The minimum Gasteiger partial charge on any atom is -0.296 e. The summed E-state index contributed by atoms with van der Waals surface area (Å²) in [4.78, 5) is 16.0. The number of rotatable bonds is 3. The monoisotopic (exact) mass is 326 g/mol. The van der Waals surface area contributed by atoms with Crippen LogP contribution in [0.3, 0.4) is 0 Å². The van der Waals surface area contributed by atoms with Crippen molar-refractivity contribution in [3.05, 3.63) is 50.1 Å². The summed E-state index contributed by atoms with van der Waals surface area (Å²) >= 11 is 12.2. The van der Waals surface area contributed by atoms with E-state index in [0.717, 1.165) is 31.0 Å². The van der Waals surface area contributed by atoms with Crippen LogP contribution >= 0.6 is 23.2 Å². The number of H-pyrrole nitrogens is 2. The quantitative estimate of drug-likeness (QED) is 0.911. The van der Waals surface area contributed by atoms with Crippen LogP contribution in [0.5, 0.6) is 0 Å². The molecule has 0 atom stereocenters. The normalized spacial score (nSPS) is 17.2. The van der Waals surface area contributed by atoms with Gasteiger partial charge < -0.3 is 0 Å². The molecule has 0 spiro atoms. The van der Waals surface area contributed by atoms with Gasteiger partial charge in [0.15, 0.2) is 0 Å². The van der Waals surface area contributed by atoms with Crippen molar-refractivity contribution >= 4 is 23.2 Å². The molecule has 1 aliphatic heterocycles. The Bertz CT molecular complexity index is 674. The maximum atomic E-state index is 11.0. The first kappa shape index (κ1) is 14.6. The first-order chi connectivity index (χ1) is 10.1. The molecular weight excluding hydrogens is 311 g/mol. The van der Waals surface area contributed by atoms with Gasteiger partial charge in [0.25, 0.3) is 0 Å². The number of hydrogen-bond acceptors (Lipinski definition) is 3. The van der Waals surface area contributed by atoms with E-state index in [1.807, 2.05) is 12.1 Å². The van der Waals surface area contributed by atoms with Crippen molar-refractivity contribution in [1.29, 1.82) is 0 Å². The lowest BCUT2D eigenvalue weighted by Crippen LogP contribution is -2.33. The van der Waals surface area contributed by atoms with Gasteiger partial charge in [-0.2, -0.15) is 5.10 Å². The molecule has 1 saturated heterocycles. The zero-order valence-corrected chi connectivity index (χ0v) is 12.9. The average molecular weight is 327 g/mol. The molecule has 0 saturated carbocycles. The topological polar surface area (TPSA) is 64.8 Å². The van der Waals surface area contributed by atoms with E-state index >= 15 is 0 Å². The standard InChI is InChI=1S/C14H16Cl2N4O/c15-10-1-2-11(12(16)7-10)9-3-5-20(6-4-9)8-13-17-14(21)19-18-13/h1-2,7,9H,3-6,8H2,(H2,17,18,19,21). The largest absolute Gasteiger partial charge is 0.340 e. The van der Waals surface area contributed by atoms with E-state index in [1.54, 1.807) is 6.07 Å². The number of aromatic amines is 2. The fourth-order valence-electron chi connectivity index (χ4n) is 2.83. The van der Waals surface area contributed by atoms with Crippen molar-refractivity contribution in [2.75, 3.05) is 13.1 Å². The Morgan fingerprint density at radius 1 is 1.29 bits per heavy atom. The van der Waals surface area contributed by atoms with Gasteiger partial charge in [-0.15, -0.1) is 0 Å². The van der Waals surface area contributed by atoms with Crippen molar-refractivity contribution < 1.29 is 0 Å².